The number of amides is 2. The van der Waals surface area contributed by atoms with Crippen LogP contribution in [0.5, 0.6) is 5.75 Å². The summed E-state index contributed by atoms with van der Waals surface area (Å²) in [6, 6.07) is 5.39. The Bertz CT molecular complexity index is 774. The van der Waals surface area contributed by atoms with Crippen LogP contribution >= 0.6 is 0 Å². The summed E-state index contributed by atoms with van der Waals surface area (Å²) in [5.41, 5.74) is 0.595. The number of carbonyl (C=O) groups is 2. The molecule has 0 aliphatic carbocycles. The summed E-state index contributed by atoms with van der Waals surface area (Å²) >= 11 is 0. The molecule has 2 aromatic rings. The molecular weight excluding hydrogens is 334 g/mol. The number of benzene rings is 1. The molecule has 0 saturated carbocycles. The number of hydrogen-bond donors (Lipinski definition) is 1. The molecule has 2 rings (SSSR count). The van der Waals surface area contributed by atoms with E-state index < -0.39 is 12.5 Å². The first-order valence-corrected chi connectivity index (χ1v) is 7.47. The summed E-state index contributed by atoms with van der Waals surface area (Å²) in [5.74, 6) is -1.01. The van der Waals surface area contributed by atoms with Crippen LogP contribution in [0.4, 0.5) is 14.5 Å². The number of aryl methyl sites for hydroxylation is 1. The van der Waals surface area contributed by atoms with Crippen LogP contribution in [0.2, 0.25) is 0 Å². The van der Waals surface area contributed by atoms with Crippen molar-refractivity contribution in [2.75, 3.05) is 19.4 Å². The van der Waals surface area contributed by atoms with Gasteiger partial charge in [0.05, 0.1) is 11.9 Å². The minimum atomic E-state index is -2.98. The van der Waals surface area contributed by atoms with E-state index in [1.165, 1.54) is 40.0 Å². The van der Waals surface area contributed by atoms with Crippen LogP contribution in [0, 0.1) is 0 Å². The van der Waals surface area contributed by atoms with E-state index in [0.717, 1.165) is 0 Å². The van der Waals surface area contributed by atoms with Crippen molar-refractivity contribution >= 4 is 17.5 Å². The molecule has 0 atom stereocenters. The smallest absolute Gasteiger partial charge is 0.387 e. The Morgan fingerprint density at radius 1 is 1.36 bits per heavy atom. The van der Waals surface area contributed by atoms with Crippen LogP contribution in [0.3, 0.4) is 0 Å². The standard InChI is InChI=1S/C16H18F2N4O3/c1-4-22-13(15(24)21(2)3)12(9-19-22)20-14(23)10-6-5-7-11(8-10)25-16(17)18/h5-9,16H,4H2,1-3H3,(H,20,23). The Morgan fingerprint density at radius 3 is 2.68 bits per heavy atom. The molecule has 9 heteroatoms. The Hall–Kier alpha value is -2.97. The van der Waals surface area contributed by atoms with Gasteiger partial charge in [-0.3, -0.25) is 14.3 Å². The maximum atomic E-state index is 12.4. The van der Waals surface area contributed by atoms with Crippen LogP contribution in [0.25, 0.3) is 0 Å². The first-order valence-electron chi connectivity index (χ1n) is 7.47. The molecule has 134 valence electrons. The third-order valence-electron chi connectivity index (χ3n) is 3.32. The molecule has 1 N–H and O–H groups in total. The summed E-state index contributed by atoms with van der Waals surface area (Å²) in [4.78, 5) is 26.1. The number of rotatable bonds is 6. The number of nitrogens with zero attached hydrogens (tertiary/aromatic N) is 3. The van der Waals surface area contributed by atoms with Gasteiger partial charge in [-0.15, -0.1) is 0 Å². The largest absolute Gasteiger partial charge is 0.435 e. The number of anilines is 1. The van der Waals surface area contributed by atoms with Crippen molar-refractivity contribution in [2.24, 2.45) is 0 Å². The van der Waals surface area contributed by atoms with Crippen LogP contribution in [0.15, 0.2) is 30.5 Å². The lowest BCUT2D eigenvalue weighted by Gasteiger charge is -2.13. The molecule has 1 aromatic heterocycles. The topological polar surface area (TPSA) is 76.5 Å². The van der Waals surface area contributed by atoms with E-state index in [-0.39, 0.29) is 28.6 Å². The van der Waals surface area contributed by atoms with Crippen molar-refractivity contribution in [2.45, 2.75) is 20.1 Å². The van der Waals surface area contributed by atoms with E-state index in [2.05, 4.69) is 15.2 Å². The van der Waals surface area contributed by atoms with E-state index in [4.69, 9.17) is 0 Å². The lowest BCUT2D eigenvalue weighted by Crippen LogP contribution is -2.26. The Labute approximate surface area is 143 Å². The summed E-state index contributed by atoms with van der Waals surface area (Å²) in [6.45, 7) is -0.719. The third kappa shape index (κ3) is 4.31. The normalized spacial score (nSPS) is 10.6. The van der Waals surface area contributed by atoms with Crippen molar-refractivity contribution in [3.8, 4) is 5.75 Å². The predicted molar refractivity (Wildman–Crippen MR) is 86.9 cm³/mol. The number of nitrogens with one attached hydrogen (secondary N) is 1. The van der Waals surface area contributed by atoms with Gasteiger partial charge in [0.25, 0.3) is 11.8 Å². The molecular formula is C16H18F2N4O3. The van der Waals surface area contributed by atoms with E-state index >= 15 is 0 Å². The van der Waals surface area contributed by atoms with Gasteiger partial charge in [0.2, 0.25) is 0 Å². The highest BCUT2D eigenvalue weighted by Crippen LogP contribution is 2.20. The zero-order valence-electron chi connectivity index (χ0n) is 14.0. The molecule has 7 nitrogen and oxygen atoms in total. The van der Waals surface area contributed by atoms with Gasteiger partial charge in [-0.05, 0) is 25.1 Å². The molecule has 0 saturated heterocycles. The zero-order valence-corrected chi connectivity index (χ0v) is 14.0. The average molecular weight is 352 g/mol. The molecule has 0 fully saturated rings. The second kappa shape index (κ2) is 7.73. The molecule has 1 heterocycles. The molecule has 0 radical (unpaired) electrons. The number of hydrogen-bond acceptors (Lipinski definition) is 4. The number of halogens is 2. The molecule has 0 aliphatic heterocycles. The van der Waals surface area contributed by atoms with Gasteiger partial charge in [-0.25, -0.2) is 0 Å². The maximum absolute atomic E-state index is 12.4. The Balaban J connectivity index is 2.27. The second-order valence-corrected chi connectivity index (χ2v) is 5.28. The van der Waals surface area contributed by atoms with Gasteiger partial charge in [0, 0.05) is 26.2 Å². The third-order valence-corrected chi connectivity index (χ3v) is 3.32. The van der Waals surface area contributed by atoms with Crippen LogP contribution in [0.1, 0.15) is 27.8 Å². The molecule has 25 heavy (non-hydrogen) atoms. The minimum Gasteiger partial charge on any atom is -0.435 e. The highest BCUT2D eigenvalue weighted by Gasteiger charge is 2.21. The monoisotopic (exact) mass is 352 g/mol. The fourth-order valence-corrected chi connectivity index (χ4v) is 2.16. The van der Waals surface area contributed by atoms with Crippen LogP contribution < -0.4 is 10.1 Å². The van der Waals surface area contributed by atoms with Crippen molar-refractivity contribution < 1.29 is 23.1 Å². The summed E-state index contributed by atoms with van der Waals surface area (Å²) < 4.78 is 30.3. The first kappa shape index (κ1) is 18.4. The van der Waals surface area contributed by atoms with E-state index in [0.29, 0.717) is 6.54 Å². The minimum absolute atomic E-state index is 0.116. The highest BCUT2D eigenvalue weighted by molar-refractivity contribution is 6.08. The zero-order chi connectivity index (χ0) is 18.6. The maximum Gasteiger partial charge on any atom is 0.387 e. The molecule has 0 bridgehead atoms. The van der Waals surface area contributed by atoms with E-state index in [1.54, 1.807) is 14.1 Å². The predicted octanol–water partition coefficient (Wildman–Crippen LogP) is 2.46. The fraction of sp³-hybridized carbons (Fsp3) is 0.312. The summed E-state index contributed by atoms with van der Waals surface area (Å²) in [5, 5.41) is 6.66. The lowest BCUT2D eigenvalue weighted by molar-refractivity contribution is -0.0498. The van der Waals surface area contributed by atoms with Gasteiger partial charge in [0.15, 0.2) is 0 Å². The van der Waals surface area contributed by atoms with Crippen LogP contribution in [-0.2, 0) is 6.54 Å². The molecule has 0 unspecified atom stereocenters. The Kier molecular flexibility index (Phi) is 5.68. The summed E-state index contributed by atoms with van der Waals surface area (Å²) in [7, 11) is 3.18. The number of ether oxygens (including phenoxy) is 1. The van der Waals surface area contributed by atoms with Crippen LogP contribution in [-0.4, -0.2) is 47.2 Å². The average Bonchev–Trinajstić information content (AvgIpc) is 2.96. The van der Waals surface area contributed by atoms with Crippen molar-refractivity contribution in [1.29, 1.82) is 0 Å². The van der Waals surface area contributed by atoms with Crippen molar-refractivity contribution in [3.63, 3.8) is 0 Å². The molecule has 2 amide bonds. The molecule has 0 spiro atoms. The highest BCUT2D eigenvalue weighted by atomic mass is 19.3. The second-order valence-electron chi connectivity index (χ2n) is 5.28. The lowest BCUT2D eigenvalue weighted by atomic mass is 10.2. The number of aromatic nitrogens is 2. The summed E-state index contributed by atoms with van der Waals surface area (Å²) in [6.07, 6.45) is 1.37. The van der Waals surface area contributed by atoms with Gasteiger partial charge in [-0.1, -0.05) is 6.07 Å². The van der Waals surface area contributed by atoms with Gasteiger partial charge >= 0.3 is 6.61 Å². The quantitative estimate of drug-likeness (QED) is 0.866. The van der Waals surface area contributed by atoms with E-state index in [1.807, 2.05) is 6.92 Å². The molecule has 0 aliphatic rings. The number of alkyl halides is 2. The SMILES string of the molecule is CCn1ncc(NC(=O)c2cccc(OC(F)F)c2)c1C(=O)N(C)C. The van der Waals surface area contributed by atoms with Gasteiger partial charge in [0.1, 0.15) is 11.4 Å². The van der Waals surface area contributed by atoms with Gasteiger partial charge < -0.3 is 15.0 Å². The van der Waals surface area contributed by atoms with Crippen molar-refractivity contribution in [3.05, 3.63) is 41.7 Å². The Morgan fingerprint density at radius 2 is 2.08 bits per heavy atom. The van der Waals surface area contributed by atoms with Gasteiger partial charge in [-0.2, -0.15) is 13.9 Å². The fourth-order valence-electron chi connectivity index (χ4n) is 2.16. The number of carbonyl (C=O) groups excluding carboxylic acids is 2. The van der Waals surface area contributed by atoms with E-state index in [9.17, 15) is 18.4 Å². The molecule has 1 aromatic carbocycles. The van der Waals surface area contributed by atoms with Crippen molar-refractivity contribution in [1.82, 2.24) is 14.7 Å². The first-order chi connectivity index (χ1) is 11.8.